The van der Waals surface area contributed by atoms with Crippen LogP contribution in [0.5, 0.6) is 11.5 Å². The monoisotopic (exact) mass is 404 g/mol. The van der Waals surface area contributed by atoms with Gasteiger partial charge < -0.3 is 14.8 Å². The van der Waals surface area contributed by atoms with Crippen LogP contribution in [0.4, 0.5) is 5.82 Å². The maximum atomic E-state index is 12.4. The molecule has 148 valence electrons. The Kier molecular flexibility index (Phi) is 6.06. The van der Waals surface area contributed by atoms with Crippen LogP contribution in [-0.2, 0) is 10.0 Å². The van der Waals surface area contributed by atoms with Crippen LogP contribution in [0.1, 0.15) is 0 Å². The Morgan fingerprint density at radius 1 is 1.04 bits per heavy atom. The highest BCUT2D eigenvalue weighted by Crippen LogP contribution is 2.29. The molecule has 0 unspecified atom stereocenters. The molecule has 0 saturated heterocycles. The molecule has 3 aromatic rings. The third kappa shape index (κ3) is 4.56. The first kappa shape index (κ1) is 19.6. The van der Waals surface area contributed by atoms with E-state index in [0.29, 0.717) is 29.7 Å². The Bertz CT molecular complexity index is 1010. The minimum atomic E-state index is -3.68. The van der Waals surface area contributed by atoms with Crippen LogP contribution < -0.4 is 19.5 Å². The predicted molar refractivity (Wildman–Crippen MR) is 102 cm³/mol. The minimum absolute atomic E-state index is 0.0912. The van der Waals surface area contributed by atoms with Crippen molar-refractivity contribution in [3.8, 4) is 17.3 Å². The quantitative estimate of drug-likeness (QED) is 0.508. The van der Waals surface area contributed by atoms with E-state index < -0.39 is 10.0 Å². The smallest absolute Gasteiger partial charge is 0.240 e. The van der Waals surface area contributed by atoms with Crippen LogP contribution in [0.3, 0.4) is 0 Å². The van der Waals surface area contributed by atoms with Crippen LogP contribution in [-0.4, -0.2) is 55.7 Å². The number of benzene rings is 1. The molecule has 0 aliphatic rings. The molecule has 2 N–H and O–H groups in total. The van der Waals surface area contributed by atoms with Gasteiger partial charge in [0.2, 0.25) is 10.0 Å². The maximum Gasteiger partial charge on any atom is 0.240 e. The minimum Gasteiger partial charge on any atom is -0.493 e. The molecule has 0 amide bonds. The number of nitrogens with zero attached hydrogens (tertiary/aromatic N) is 4. The summed E-state index contributed by atoms with van der Waals surface area (Å²) in [6.07, 6.45) is 3.42. The highest BCUT2D eigenvalue weighted by Gasteiger charge is 2.16. The number of ether oxygens (including phenoxy) is 2. The molecule has 0 aliphatic heterocycles. The Morgan fingerprint density at radius 3 is 2.50 bits per heavy atom. The van der Waals surface area contributed by atoms with Crippen molar-refractivity contribution in [2.75, 3.05) is 32.6 Å². The van der Waals surface area contributed by atoms with Crippen LogP contribution in [0, 0.1) is 0 Å². The number of methoxy groups -OCH3 is 2. The van der Waals surface area contributed by atoms with Crippen LogP contribution in [0.2, 0.25) is 0 Å². The summed E-state index contributed by atoms with van der Waals surface area (Å²) in [4.78, 5) is 0.0912. The fourth-order valence-electron chi connectivity index (χ4n) is 2.39. The fourth-order valence-corrected chi connectivity index (χ4v) is 3.44. The lowest BCUT2D eigenvalue weighted by atomic mass is 10.3. The highest BCUT2D eigenvalue weighted by atomic mass is 32.2. The molecule has 1 aromatic carbocycles. The normalized spacial score (nSPS) is 11.2. The SMILES string of the molecule is COc1ccc(S(=O)(=O)NCCNc2ccc(-n3cccn3)nn2)cc1OC. The molecule has 0 spiro atoms. The van der Waals surface area contributed by atoms with Crippen molar-refractivity contribution in [1.29, 1.82) is 0 Å². The second-order valence-corrected chi connectivity index (χ2v) is 7.34. The third-order valence-electron chi connectivity index (χ3n) is 3.78. The van der Waals surface area contributed by atoms with Crippen molar-refractivity contribution >= 4 is 15.8 Å². The van der Waals surface area contributed by atoms with Gasteiger partial charge in [-0.1, -0.05) is 0 Å². The number of rotatable bonds is 9. The highest BCUT2D eigenvalue weighted by molar-refractivity contribution is 7.89. The van der Waals surface area contributed by atoms with Crippen molar-refractivity contribution < 1.29 is 17.9 Å². The summed E-state index contributed by atoms with van der Waals surface area (Å²) in [5.41, 5.74) is 0. The molecule has 0 bridgehead atoms. The van der Waals surface area contributed by atoms with Gasteiger partial charge in [-0.3, -0.25) is 0 Å². The second-order valence-electron chi connectivity index (χ2n) is 5.57. The van der Waals surface area contributed by atoms with Gasteiger partial charge in [0.05, 0.1) is 19.1 Å². The topological polar surface area (TPSA) is 120 Å². The molecule has 11 heteroatoms. The molecule has 28 heavy (non-hydrogen) atoms. The molecular formula is C17H20N6O4S. The van der Waals surface area contributed by atoms with Gasteiger partial charge in [-0.25, -0.2) is 17.8 Å². The molecule has 2 heterocycles. The van der Waals surface area contributed by atoms with Crippen molar-refractivity contribution in [3.63, 3.8) is 0 Å². The van der Waals surface area contributed by atoms with Crippen molar-refractivity contribution in [1.82, 2.24) is 24.7 Å². The predicted octanol–water partition coefficient (Wildman–Crippen LogP) is 1.07. The van der Waals surface area contributed by atoms with Gasteiger partial charge in [0.1, 0.15) is 5.82 Å². The molecule has 0 saturated carbocycles. The van der Waals surface area contributed by atoms with Crippen molar-refractivity contribution in [2.24, 2.45) is 0 Å². The van der Waals surface area contributed by atoms with Gasteiger partial charge in [0, 0.05) is 31.5 Å². The van der Waals surface area contributed by atoms with E-state index in [0.717, 1.165) is 0 Å². The van der Waals surface area contributed by atoms with Crippen LogP contribution in [0.25, 0.3) is 5.82 Å². The molecule has 0 atom stereocenters. The van der Waals surface area contributed by atoms with Crippen molar-refractivity contribution in [2.45, 2.75) is 4.90 Å². The summed E-state index contributed by atoms with van der Waals surface area (Å²) in [6, 6.07) is 9.70. The largest absolute Gasteiger partial charge is 0.493 e. The molecule has 2 aromatic heterocycles. The average Bonchev–Trinajstić information content (AvgIpc) is 3.26. The number of nitrogens with one attached hydrogen (secondary N) is 2. The maximum absolute atomic E-state index is 12.4. The van der Waals surface area contributed by atoms with Gasteiger partial charge >= 0.3 is 0 Å². The van der Waals surface area contributed by atoms with Crippen LogP contribution in [0.15, 0.2) is 53.7 Å². The third-order valence-corrected chi connectivity index (χ3v) is 5.24. The van der Waals surface area contributed by atoms with Crippen molar-refractivity contribution in [3.05, 3.63) is 48.8 Å². The summed E-state index contributed by atoms with van der Waals surface area (Å²) in [7, 11) is -0.747. The van der Waals surface area contributed by atoms with E-state index in [9.17, 15) is 8.42 Å². The zero-order chi connectivity index (χ0) is 20.0. The lowest BCUT2D eigenvalue weighted by molar-refractivity contribution is 0.354. The van der Waals surface area contributed by atoms with E-state index in [1.165, 1.54) is 26.4 Å². The summed E-state index contributed by atoms with van der Waals surface area (Å²) in [5, 5.41) is 15.2. The van der Waals surface area contributed by atoms with E-state index in [4.69, 9.17) is 9.47 Å². The number of hydrogen-bond acceptors (Lipinski definition) is 8. The second kappa shape index (κ2) is 8.67. The van der Waals surface area contributed by atoms with E-state index in [1.807, 2.05) is 0 Å². The van der Waals surface area contributed by atoms with Gasteiger partial charge in [-0.2, -0.15) is 5.10 Å². The first-order valence-corrected chi connectivity index (χ1v) is 9.81. The number of aromatic nitrogens is 4. The standard InChI is InChI=1S/C17H20N6O4S/c1-26-14-5-4-13(12-15(14)27-2)28(24,25)20-10-9-18-16-6-7-17(22-21-16)23-11-3-8-19-23/h3-8,11-12,20H,9-10H2,1-2H3,(H,18,21). The van der Waals surface area contributed by atoms with Gasteiger partial charge in [-0.05, 0) is 30.3 Å². The molecular weight excluding hydrogens is 384 g/mol. The Morgan fingerprint density at radius 2 is 1.86 bits per heavy atom. The molecule has 3 rings (SSSR count). The average molecular weight is 404 g/mol. The lowest BCUT2D eigenvalue weighted by Gasteiger charge is -2.11. The lowest BCUT2D eigenvalue weighted by Crippen LogP contribution is -2.29. The van der Waals surface area contributed by atoms with E-state index in [-0.39, 0.29) is 11.4 Å². The van der Waals surface area contributed by atoms with E-state index in [2.05, 4.69) is 25.3 Å². The Hall–Kier alpha value is -3.18. The van der Waals surface area contributed by atoms with Crippen LogP contribution >= 0.6 is 0 Å². The number of hydrogen-bond donors (Lipinski definition) is 2. The zero-order valence-corrected chi connectivity index (χ0v) is 16.2. The molecule has 0 radical (unpaired) electrons. The van der Waals surface area contributed by atoms with Gasteiger partial charge in [-0.15, -0.1) is 10.2 Å². The van der Waals surface area contributed by atoms with E-state index >= 15 is 0 Å². The summed E-state index contributed by atoms with van der Waals surface area (Å²) in [5.74, 6) is 1.92. The number of sulfonamides is 1. The first-order valence-electron chi connectivity index (χ1n) is 8.33. The molecule has 0 fully saturated rings. The van der Waals surface area contributed by atoms with Gasteiger partial charge in [0.15, 0.2) is 17.3 Å². The summed E-state index contributed by atoms with van der Waals surface area (Å²) in [6.45, 7) is 0.502. The summed E-state index contributed by atoms with van der Waals surface area (Å²) < 4.78 is 39.2. The zero-order valence-electron chi connectivity index (χ0n) is 15.4. The fraction of sp³-hybridized carbons (Fsp3) is 0.235. The summed E-state index contributed by atoms with van der Waals surface area (Å²) >= 11 is 0. The Labute approximate surface area is 162 Å². The molecule has 10 nitrogen and oxygen atoms in total. The first-order chi connectivity index (χ1) is 13.5. The number of anilines is 1. The molecule has 0 aliphatic carbocycles. The van der Waals surface area contributed by atoms with E-state index in [1.54, 1.807) is 41.3 Å². The van der Waals surface area contributed by atoms with Gasteiger partial charge in [0.25, 0.3) is 0 Å². The Balaban J connectivity index is 1.54.